The molecule has 0 aliphatic carbocycles. The number of nitrogens with zero attached hydrogens (tertiary/aromatic N) is 1. The van der Waals surface area contributed by atoms with E-state index in [1.807, 2.05) is 12.1 Å². The van der Waals surface area contributed by atoms with Crippen LogP contribution in [-0.2, 0) is 12.0 Å². The lowest BCUT2D eigenvalue weighted by Gasteiger charge is -2.19. The normalized spacial score (nSPS) is 11.1. The molecule has 1 heterocycles. The van der Waals surface area contributed by atoms with Crippen molar-refractivity contribution in [3.63, 3.8) is 0 Å². The Morgan fingerprint density at radius 2 is 1.74 bits per heavy atom. The number of rotatable bonds is 4. The fourth-order valence-electron chi connectivity index (χ4n) is 2.10. The van der Waals surface area contributed by atoms with Gasteiger partial charge in [0.1, 0.15) is 0 Å². The molecule has 5 heteroatoms. The molecule has 23 heavy (non-hydrogen) atoms. The molecular formula is C18H20N2O3. The summed E-state index contributed by atoms with van der Waals surface area (Å²) in [5.74, 6) is -1.23. The van der Waals surface area contributed by atoms with E-state index in [2.05, 4.69) is 31.1 Å². The van der Waals surface area contributed by atoms with Crippen molar-refractivity contribution in [2.45, 2.75) is 32.7 Å². The van der Waals surface area contributed by atoms with Crippen molar-refractivity contribution < 1.29 is 14.7 Å². The van der Waals surface area contributed by atoms with Crippen LogP contribution in [0.1, 0.15) is 52.7 Å². The summed E-state index contributed by atoms with van der Waals surface area (Å²) < 4.78 is 0. The molecule has 2 rings (SSSR count). The molecule has 0 fully saturated rings. The number of aromatic nitrogens is 1. The molecule has 0 atom stereocenters. The van der Waals surface area contributed by atoms with E-state index >= 15 is 0 Å². The van der Waals surface area contributed by atoms with E-state index < -0.39 is 5.97 Å². The zero-order valence-corrected chi connectivity index (χ0v) is 13.5. The molecular weight excluding hydrogens is 292 g/mol. The molecule has 0 saturated carbocycles. The van der Waals surface area contributed by atoms with Gasteiger partial charge in [-0.2, -0.15) is 0 Å². The lowest BCUT2D eigenvalue weighted by atomic mass is 9.87. The van der Waals surface area contributed by atoms with E-state index in [4.69, 9.17) is 5.11 Å². The van der Waals surface area contributed by atoms with Crippen molar-refractivity contribution >= 4 is 11.9 Å². The minimum Gasteiger partial charge on any atom is -0.478 e. The minimum atomic E-state index is -1.02. The van der Waals surface area contributed by atoms with Crippen molar-refractivity contribution in [2.75, 3.05) is 0 Å². The molecule has 120 valence electrons. The molecule has 5 nitrogen and oxygen atoms in total. The largest absolute Gasteiger partial charge is 0.478 e. The van der Waals surface area contributed by atoms with E-state index in [0.29, 0.717) is 11.3 Å². The summed E-state index contributed by atoms with van der Waals surface area (Å²) in [4.78, 5) is 27.1. The highest BCUT2D eigenvalue weighted by atomic mass is 16.4. The Balaban J connectivity index is 2.02. The highest BCUT2D eigenvalue weighted by molar-refractivity contribution is 5.94. The number of amides is 1. The molecule has 0 bridgehead atoms. The Bertz CT molecular complexity index is 716. The summed E-state index contributed by atoms with van der Waals surface area (Å²) in [5.41, 5.74) is 2.41. The maximum Gasteiger partial charge on any atom is 0.335 e. The van der Waals surface area contributed by atoms with Crippen LogP contribution in [0.25, 0.3) is 0 Å². The third-order valence-electron chi connectivity index (χ3n) is 3.51. The van der Waals surface area contributed by atoms with Gasteiger partial charge in [0.05, 0.1) is 17.8 Å². The van der Waals surface area contributed by atoms with E-state index in [0.717, 1.165) is 5.56 Å². The second-order valence-corrected chi connectivity index (χ2v) is 6.35. The zero-order valence-electron chi connectivity index (χ0n) is 13.5. The van der Waals surface area contributed by atoms with Gasteiger partial charge in [-0.25, -0.2) is 4.79 Å². The van der Waals surface area contributed by atoms with Crippen molar-refractivity contribution in [3.05, 3.63) is 65.0 Å². The summed E-state index contributed by atoms with van der Waals surface area (Å²) in [5, 5.41) is 11.7. The number of carboxylic acids is 1. The van der Waals surface area contributed by atoms with Crippen molar-refractivity contribution in [3.8, 4) is 0 Å². The van der Waals surface area contributed by atoms with Gasteiger partial charge >= 0.3 is 5.97 Å². The molecule has 0 radical (unpaired) electrons. The number of carbonyl (C=O) groups excluding carboxylic acids is 1. The van der Waals surface area contributed by atoms with Crippen LogP contribution >= 0.6 is 0 Å². The number of nitrogens with one attached hydrogen (secondary N) is 1. The van der Waals surface area contributed by atoms with Crippen LogP contribution in [0.5, 0.6) is 0 Å². The predicted octanol–water partition coefficient (Wildman–Crippen LogP) is 3.01. The van der Waals surface area contributed by atoms with Crippen LogP contribution in [0.2, 0.25) is 0 Å². The highest BCUT2D eigenvalue weighted by Crippen LogP contribution is 2.22. The lowest BCUT2D eigenvalue weighted by molar-refractivity contribution is 0.0696. The van der Waals surface area contributed by atoms with Crippen LogP contribution in [0.3, 0.4) is 0 Å². The average Bonchev–Trinajstić information content (AvgIpc) is 2.52. The zero-order chi connectivity index (χ0) is 17.0. The maximum absolute atomic E-state index is 12.1. The molecule has 0 spiro atoms. The molecule has 0 saturated heterocycles. The Morgan fingerprint density at radius 3 is 2.30 bits per heavy atom. The quantitative estimate of drug-likeness (QED) is 0.909. The van der Waals surface area contributed by atoms with E-state index in [1.165, 1.54) is 18.3 Å². The second-order valence-electron chi connectivity index (χ2n) is 6.35. The van der Waals surface area contributed by atoms with Crippen LogP contribution in [0.4, 0.5) is 0 Å². The number of aromatic carboxylic acids is 1. The number of carbonyl (C=O) groups is 2. The van der Waals surface area contributed by atoms with Gasteiger partial charge in [0.25, 0.3) is 5.91 Å². The van der Waals surface area contributed by atoms with Gasteiger partial charge in [0, 0.05) is 11.8 Å². The SMILES string of the molecule is CC(C)(C)c1ccc(C(=O)NCc2cc(C(=O)O)ccn2)cc1. The highest BCUT2D eigenvalue weighted by Gasteiger charge is 2.14. The first-order chi connectivity index (χ1) is 10.8. The average molecular weight is 312 g/mol. The number of benzene rings is 1. The van der Waals surface area contributed by atoms with E-state index in [-0.39, 0.29) is 23.4 Å². The van der Waals surface area contributed by atoms with Gasteiger partial charge in [-0.15, -0.1) is 0 Å². The number of hydrogen-bond acceptors (Lipinski definition) is 3. The van der Waals surface area contributed by atoms with Gasteiger partial charge in [-0.05, 0) is 35.2 Å². The van der Waals surface area contributed by atoms with E-state index in [9.17, 15) is 9.59 Å². The smallest absolute Gasteiger partial charge is 0.335 e. The van der Waals surface area contributed by atoms with Crippen molar-refractivity contribution in [2.24, 2.45) is 0 Å². The Morgan fingerprint density at radius 1 is 1.09 bits per heavy atom. The Hall–Kier alpha value is -2.69. The Labute approximate surface area is 135 Å². The molecule has 0 unspecified atom stereocenters. The predicted molar refractivity (Wildman–Crippen MR) is 87.5 cm³/mol. The monoisotopic (exact) mass is 312 g/mol. The summed E-state index contributed by atoms with van der Waals surface area (Å²) in [6.07, 6.45) is 1.42. The number of carboxylic acid groups (broad SMARTS) is 1. The minimum absolute atomic E-state index is 0.0379. The van der Waals surface area contributed by atoms with Crippen LogP contribution < -0.4 is 5.32 Å². The molecule has 0 aliphatic heterocycles. The molecule has 2 aromatic rings. The Kier molecular flexibility index (Phi) is 4.79. The van der Waals surface area contributed by atoms with Gasteiger partial charge in [-0.3, -0.25) is 9.78 Å². The summed E-state index contributed by atoms with van der Waals surface area (Å²) >= 11 is 0. The second kappa shape index (κ2) is 6.60. The molecule has 1 amide bonds. The summed E-state index contributed by atoms with van der Waals surface area (Å²) in [6, 6.07) is 10.3. The summed E-state index contributed by atoms with van der Waals surface area (Å²) in [7, 11) is 0. The first kappa shape index (κ1) is 16.7. The third kappa shape index (κ3) is 4.39. The summed E-state index contributed by atoms with van der Waals surface area (Å²) in [6.45, 7) is 6.52. The maximum atomic E-state index is 12.1. The van der Waals surface area contributed by atoms with Crippen LogP contribution in [0, 0.1) is 0 Å². The fourth-order valence-corrected chi connectivity index (χ4v) is 2.10. The first-order valence-corrected chi connectivity index (χ1v) is 7.34. The molecule has 2 N–H and O–H groups in total. The number of pyridine rings is 1. The van der Waals surface area contributed by atoms with Gasteiger partial charge in [0.2, 0.25) is 0 Å². The molecule has 1 aromatic carbocycles. The van der Waals surface area contributed by atoms with Crippen molar-refractivity contribution in [1.82, 2.24) is 10.3 Å². The third-order valence-corrected chi connectivity index (χ3v) is 3.51. The van der Waals surface area contributed by atoms with Gasteiger partial charge in [0.15, 0.2) is 0 Å². The fraction of sp³-hybridized carbons (Fsp3) is 0.278. The number of hydrogen-bond donors (Lipinski definition) is 2. The van der Waals surface area contributed by atoms with Crippen molar-refractivity contribution in [1.29, 1.82) is 0 Å². The van der Waals surface area contributed by atoms with Crippen LogP contribution in [-0.4, -0.2) is 22.0 Å². The standard InChI is InChI=1S/C18H20N2O3/c1-18(2,3)14-6-4-12(5-7-14)16(21)20-11-15-10-13(17(22)23)8-9-19-15/h4-10H,11H2,1-3H3,(H,20,21)(H,22,23). The molecule has 1 aromatic heterocycles. The van der Waals surface area contributed by atoms with E-state index in [1.54, 1.807) is 12.1 Å². The van der Waals surface area contributed by atoms with Gasteiger partial charge < -0.3 is 10.4 Å². The van der Waals surface area contributed by atoms with Gasteiger partial charge in [-0.1, -0.05) is 32.9 Å². The lowest BCUT2D eigenvalue weighted by Crippen LogP contribution is -2.23. The first-order valence-electron chi connectivity index (χ1n) is 7.34. The van der Waals surface area contributed by atoms with Crippen LogP contribution in [0.15, 0.2) is 42.6 Å². The topological polar surface area (TPSA) is 79.3 Å². The molecule has 0 aliphatic rings.